The average Bonchev–Trinajstić information content (AvgIpc) is 3.24. The van der Waals surface area contributed by atoms with Crippen LogP contribution in [0.1, 0.15) is 15.4 Å². The van der Waals surface area contributed by atoms with E-state index < -0.39 is 5.97 Å². The van der Waals surface area contributed by atoms with Crippen molar-refractivity contribution < 1.29 is 14.3 Å². The Kier molecular flexibility index (Phi) is 5.47. The zero-order valence-electron chi connectivity index (χ0n) is 13.1. The zero-order valence-corrected chi connectivity index (χ0v) is 15.5. The molecule has 3 rings (SSSR count). The second-order valence-electron chi connectivity index (χ2n) is 5.00. The van der Waals surface area contributed by atoms with E-state index >= 15 is 0 Å². The molecule has 5 nitrogen and oxygen atoms in total. The fraction of sp³-hybridized carbons (Fsp3) is 0.118. The number of thiophene rings is 1. The molecule has 25 heavy (non-hydrogen) atoms. The van der Waals surface area contributed by atoms with Crippen LogP contribution < -0.4 is 5.32 Å². The van der Waals surface area contributed by atoms with E-state index in [1.165, 1.54) is 29.8 Å². The third-order valence-corrected chi connectivity index (χ3v) is 5.46. The second kappa shape index (κ2) is 7.77. The largest absolute Gasteiger partial charge is 0.465 e. The van der Waals surface area contributed by atoms with E-state index in [1.54, 1.807) is 17.5 Å². The van der Waals surface area contributed by atoms with Gasteiger partial charge >= 0.3 is 5.97 Å². The molecule has 0 unspecified atom stereocenters. The second-order valence-corrected chi connectivity index (χ2v) is 7.19. The molecular weight excluding hydrogens is 380 g/mol. The highest BCUT2D eigenvalue weighted by Crippen LogP contribution is 2.30. The fourth-order valence-electron chi connectivity index (χ4n) is 2.16. The van der Waals surface area contributed by atoms with Crippen LogP contribution in [0.5, 0.6) is 0 Å². The van der Waals surface area contributed by atoms with Crippen LogP contribution in [0.3, 0.4) is 0 Å². The Hall–Kier alpha value is -2.22. The fourth-order valence-corrected chi connectivity index (χ4v) is 4.07. The Morgan fingerprint density at radius 2 is 2.04 bits per heavy atom. The molecule has 0 saturated heterocycles. The van der Waals surface area contributed by atoms with Gasteiger partial charge in [-0.3, -0.25) is 4.79 Å². The molecule has 0 saturated carbocycles. The normalized spacial score (nSPS) is 10.5. The van der Waals surface area contributed by atoms with Gasteiger partial charge in [-0.1, -0.05) is 29.8 Å². The number of methoxy groups -OCH3 is 1. The Labute approximate surface area is 157 Å². The Bertz CT molecular complexity index is 920. The topological polar surface area (TPSA) is 68.3 Å². The maximum Gasteiger partial charge on any atom is 0.350 e. The predicted octanol–water partition coefficient (Wildman–Crippen LogP) is 4.49. The summed E-state index contributed by atoms with van der Waals surface area (Å²) in [7, 11) is 1.30. The summed E-state index contributed by atoms with van der Waals surface area (Å²) in [6, 6.07) is 9.10. The maximum atomic E-state index is 12.2. The zero-order chi connectivity index (χ0) is 17.8. The van der Waals surface area contributed by atoms with Crippen molar-refractivity contribution in [2.24, 2.45) is 0 Å². The van der Waals surface area contributed by atoms with Gasteiger partial charge in [-0.05, 0) is 17.5 Å². The van der Waals surface area contributed by atoms with Crippen molar-refractivity contribution in [2.75, 3.05) is 12.4 Å². The van der Waals surface area contributed by atoms with Crippen molar-refractivity contribution in [3.05, 3.63) is 56.7 Å². The van der Waals surface area contributed by atoms with Gasteiger partial charge in [0.2, 0.25) is 5.91 Å². The third kappa shape index (κ3) is 4.07. The maximum absolute atomic E-state index is 12.2. The highest BCUT2D eigenvalue weighted by atomic mass is 35.5. The summed E-state index contributed by atoms with van der Waals surface area (Å²) in [4.78, 5) is 28.7. The van der Waals surface area contributed by atoms with Crippen LogP contribution in [0.4, 0.5) is 5.69 Å². The van der Waals surface area contributed by atoms with Crippen LogP contribution in [-0.4, -0.2) is 24.0 Å². The molecule has 1 amide bonds. The quantitative estimate of drug-likeness (QED) is 0.649. The first-order chi connectivity index (χ1) is 12.1. The van der Waals surface area contributed by atoms with E-state index in [0.29, 0.717) is 21.3 Å². The van der Waals surface area contributed by atoms with Gasteiger partial charge < -0.3 is 10.1 Å². The lowest BCUT2D eigenvalue weighted by atomic mass is 10.2. The molecule has 2 aromatic heterocycles. The SMILES string of the molecule is COC(=O)c1sccc1NC(=O)Cc1csc(-c2ccccc2Cl)n1. The number of halogens is 1. The first-order valence-electron chi connectivity index (χ1n) is 7.23. The Balaban J connectivity index is 1.70. The molecule has 128 valence electrons. The summed E-state index contributed by atoms with van der Waals surface area (Å²) in [5.74, 6) is -0.723. The Morgan fingerprint density at radius 3 is 2.80 bits per heavy atom. The molecule has 2 heterocycles. The van der Waals surface area contributed by atoms with E-state index in [1.807, 2.05) is 23.6 Å². The van der Waals surface area contributed by atoms with Crippen molar-refractivity contribution in [3.8, 4) is 10.6 Å². The van der Waals surface area contributed by atoms with Gasteiger partial charge in [0.1, 0.15) is 9.88 Å². The summed E-state index contributed by atoms with van der Waals surface area (Å²) in [5, 5.41) is 7.66. The van der Waals surface area contributed by atoms with Gasteiger partial charge in [0, 0.05) is 10.9 Å². The highest BCUT2D eigenvalue weighted by molar-refractivity contribution is 7.13. The summed E-state index contributed by atoms with van der Waals surface area (Å²) in [6.07, 6.45) is 0.109. The minimum Gasteiger partial charge on any atom is -0.465 e. The molecule has 0 aliphatic rings. The van der Waals surface area contributed by atoms with Crippen molar-refractivity contribution in [3.63, 3.8) is 0 Å². The van der Waals surface area contributed by atoms with Gasteiger partial charge in [-0.25, -0.2) is 9.78 Å². The van der Waals surface area contributed by atoms with Crippen LogP contribution >= 0.6 is 34.3 Å². The number of benzene rings is 1. The Morgan fingerprint density at radius 1 is 1.24 bits per heavy atom. The minimum atomic E-state index is -0.472. The van der Waals surface area contributed by atoms with Crippen LogP contribution in [-0.2, 0) is 16.0 Å². The van der Waals surface area contributed by atoms with E-state index in [9.17, 15) is 9.59 Å². The molecule has 0 aliphatic carbocycles. The number of nitrogens with zero attached hydrogens (tertiary/aromatic N) is 1. The lowest BCUT2D eigenvalue weighted by Crippen LogP contribution is -2.16. The van der Waals surface area contributed by atoms with Gasteiger partial charge in [0.15, 0.2) is 0 Å². The number of hydrogen-bond donors (Lipinski definition) is 1. The molecule has 0 spiro atoms. The number of carbonyl (C=O) groups is 2. The lowest BCUT2D eigenvalue weighted by molar-refractivity contribution is -0.115. The number of hydrogen-bond acceptors (Lipinski definition) is 6. The number of esters is 1. The number of carbonyl (C=O) groups excluding carboxylic acids is 2. The smallest absolute Gasteiger partial charge is 0.350 e. The number of thiazole rings is 1. The number of ether oxygens (including phenoxy) is 1. The molecule has 0 radical (unpaired) electrons. The standard InChI is InChI=1S/C17H13ClN2O3S2/c1-23-17(22)15-13(6-7-24-15)20-14(21)8-10-9-25-16(19-10)11-4-2-3-5-12(11)18/h2-7,9H,8H2,1H3,(H,20,21). The predicted molar refractivity (Wildman–Crippen MR) is 101 cm³/mol. The molecule has 1 aromatic carbocycles. The van der Waals surface area contributed by atoms with E-state index in [0.717, 1.165) is 10.6 Å². The molecule has 8 heteroatoms. The minimum absolute atomic E-state index is 0.109. The molecule has 0 fully saturated rings. The molecule has 1 N–H and O–H groups in total. The lowest BCUT2D eigenvalue weighted by Gasteiger charge is -2.04. The monoisotopic (exact) mass is 392 g/mol. The van der Waals surface area contributed by atoms with Crippen LogP contribution in [0.2, 0.25) is 5.02 Å². The summed E-state index contributed by atoms with van der Waals surface area (Å²) in [5.41, 5.74) is 1.93. The summed E-state index contributed by atoms with van der Waals surface area (Å²) < 4.78 is 4.70. The van der Waals surface area contributed by atoms with Crippen molar-refractivity contribution in [2.45, 2.75) is 6.42 Å². The molecule has 0 atom stereocenters. The van der Waals surface area contributed by atoms with Gasteiger partial charge in [-0.15, -0.1) is 22.7 Å². The number of amides is 1. The summed E-state index contributed by atoms with van der Waals surface area (Å²) in [6.45, 7) is 0. The molecule has 0 bridgehead atoms. The van der Waals surface area contributed by atoms with Crippen molar-refractivity contribution in [1.29, 1.82) is 0 Å². The van der Waals surface area contributed by atoms with Crippen LogP contribution in [0.15, 0.2) is 41.1 Å². The van der Waals surface area contributed by atoms with Crippen LogP contribution in [0.25, 0.3) is 10.6 Å². The molecular formula is C17H13ClN2O3S2. The summed E-state index contributed by atoms with van der Waals surface area (Å²) >= 11 is 8.82. The first-order valence-corrected chi connectivity index (χ1v) is 9.37. The first kappa shape index (κ1) is 17.6. The number of aromatic nitrogens is 1. The third-order valence-electron chi connectivity index (χ3n) is 3.31. The molecule has 3 aromatic rings. The number of rotatable bonds is 5. The highest BCUT2D eigenvalue weighted by Gasteiger charge is 2.17. The number of nitrogens with one attached hydrogen (secondary N) is 1. The van der Waals surface area contributed by atoms with E-state index in [2.05, 4.69) is 10.3 Å². The van der Waals surface area contributed by atoms with Crippen molar-refractivity contribution in [1.82, 2.24) is 4.98 Å². The van der Waals surface area contributed by atoms with E-state index in [4.69, 9.17) is 16.3 Å². The van der Waals surface area contributed by atoms with Crippen LogP contribution in [0, 0.1) is 0 Å². The molecule has 0 aliphatic heterocycles. The average molecular weight is 393 g/mol. The number of anilines is 1. The van der Waals surface area contributed by atoms with Gasteiger partial charge in [0.05, 0.1) is 29.9 Å². The van der Waals surface area contributed by atoms with Gasteiger partial charge in [-0.2, -0.15) is 0 Å². The van der Waals surface area contributed by atoms with Gasteiger partial charge in [0.25, 0.3) is 0 Å². The van der Waals surface area contributed by atoms with Crippen molar-refractivity contribution >= 4 is 51.8 Å². The van der Waals surface area contributed by atoms with E-state index in [-0.39, 0.29) is 12.3 Å².